The second-order valence-electron chi connectivity index (χ2n) is 6.95. The van der Waals surface area contributed by atoms with Crippen molar-refractivity contribution in [1.29, 1.82) is 0 Å². The van der Waals surface area contributed by atoms with Crippen molar-refractivity contribution in [3.8, 4) is 0 Å². The van der Waals surface area contributed by atoms with Gasteiger partial charge in [-0.05, 0) is 63.6 Å². The van der Waals surface area contributed by atoms with E-state index in [1.165, 1.54) is 0 Å². The highest BCUT2D eigenvalue weighted by atomic mass is 35.5. The lowest BCUT2D eigenvalue weighted by molar-refractivity contribution is 0.0635. The maximum absolute atomic E-state index is 12.5. The number of anilines is 1. The average Bonchev–Trinajstić information content (AvgIpc) is 2.53. The van der Waals surface area contributed by atoms with E-state index in [-0.39, 0.29) is 11.9 Å². The van der Waals surface area contributed by atoms with E-state index in [1.807, 2.05) is 19.1 Å². The van der Waals surface area contributed by atoms with Crippen molar-refractivity contribution in [3.05, 3.63) is 64.7 Å². The Morgan fingerprint density at radius 3 is 2.35 bits per heavy atom. The van der Waals surface area contributed by atoms with Crippen LogP contribution in [0.4, 0.5) is 10.5 Å². The van der Waals surface area contributed by atoms with E-state index in [0.717, 1.165) is 5.56 Å². The van der Waals surface area contributed by atoms with Gasteiger partial charge in [0.15, 0.2) is 0 Å². The molecule has 0 radical (unpaired) electrons. The summed E-state index contributed by atoms with van der Waals surface area (Å²) >= 11 is 5.88. The summed E-state index contributed by atoms with van der Waals surface area (Å²) in [6, 6.07) is 13.8. The van der Waals surface area contributed by atoms with E-state index in [1.54, 1.807) is 57.2 Å². The molecule has 0 spiro atoms. The first kappa shape index (κ1) is 19.8. The van der Waals surface area contributed by atoms with Crippen molar-refractivity contribution >= 4 is 29.3 Å². The summed E-state index contributed by atoms with van der Waals surface area (Å²) in [5.74, 6) is -0.236. The van der Waals surface area contributed by atoms with E-state index < -0.39 is 11.7 Å². The molecule has 0 saturated heterocycles. The number of benzene rings is 2. The molecular weight excluding hydrogens is 352 g/mol. The Kier molecular flexibility index (Phi) is 6.27. The van der Waals surface area contributed by atoms with Crippen LogP contribution in [0.2, 0.25) is 5.02 Å². The molecule has 0 unspecified atom stereocenters. The molecule has 2 N–H and O–H groups in total. The fourth-order valence-electron chi connectivity index (χ4n) is 2.27. The number of carbonyl (C=O) groups excluding carboxylic acids is 2. The molecule has 0 fully saturated rings. The number of nitrogens with one attached hydrogen (secondary N) is 2. The quantitative estimate of drug-likeness (QED) is 0.774. The molecule has 138 valence electrons. The van der Waals surface area contributed by atoms with Gasteiger partial charge in [0, 0.05) is 16.3 Å². The highest BCUT2D eigenvalue weighted by molar-refractivity contribution is 6.30. The van der Waals surface area contributed by atoms with Gasteiger partial charge in [-0.1, -0.05) is 29.8 Å². The summed E-state index contributed by atoms with van der Waals surface area (Å²) in [7, 11) is 0. The fourth-order valence-corrected chi connectivity index (χ4v) is 2.40. The maximum Gasteiger partial charge on any atom is 0.412 e. The van der Waals surface area contributed by atoms with Crippen LogP contribution in [-0.4, -0.2) is 17.6 Å². The number of ether oxygens (including phenoxy) is 1. The smallest absolute Gasteiger partial charge is 0.412 e. The maximum atomic E-state index is 12.5. The summed E-state index contributed by atoms with van der Waals surface area (Å²) in [5.41, 5.74) is 1.30. The SMILES string of the molecule is C[C@H](NC(=O)c1cccc(NC(=O)OC(C)(C)C)c1)c1ccc(Cl)cc1. The molecule has 0 saturated carbocycles. The van der Waals surface area contributed by atoms with Crippen LogP contribution in [0.3, 0.4) is 0 Å². The second-order valence-corrected chi connectivity index (χ2v) is 7.39. The lowest BCUT2D eigenvalue weighted by Crippen LogP contribution is -2.28. The number of rotatable bonds is 4. The van der Waals surface area contributed by atoms with Gasteiger partial charge in [-0.25, -0.2) is 4.79 Å². The summed E-state index contributed by atoms with van der Waals surface area (Å²) < 4.78 is 5.21. The van der Waals surface area contributed by atoms with Crippen molar-refractivity contribution in [3.63, 3.8) is 0 Å². The summed E-state index contributed by atoms with van der Waals surface area (Å²) in [5, 5.41) is 6.20. The van der Waals surface area contributed by atoms with Crippen LogP contribution in [0.25, 0.3) is 0 Å². The molecule has 0 aliphatic carbocycles. The molecule has 0 aliphatic heterocycles. The predicted molar refractivity (Wildman–Crippen MR) is 104 cm³/mol. The Bertz CT molecular complexity index is 782. The molecule has 2 amide bonds. The summed E-state index contributed by atoms with van der Waals surface area (Å²) in [6.45, 7) is 7.25. The molecule has 0 aromatic heterocycles. The third-order valence-corrected chi connectivity index (χ3v) is 3.74. The highest BCUT2D eigenvalue weighted by Gasteiger charge is 2.17. The van der Waals surface area contributed by atoms with Gasteiger partial charge < -0.3 is 10.1 Å². The first-order valence-electron chi connectivity index (χ1n) is 8.30. The zero-order valence-electron chi connectivity index (χ0n) is 15.3. The van der Waals surface area contributed by atoms with E-state index in [2.05, 4.69) is 10.6 Å². The van der Waals surface area contributed by atoms with E-state index in [4.69, 9.17) is 16.3 Å². The van der Waals surface area contributed by atoms with Crippen molar-refractivity contribution in [2.75, 3.05) is 5.32 Å². The van der Waals surface area contributed by atoms with Gasteiger partial charge in [0.05, 0.1) is 6.04 Å². The molecule has 0 aliphatic rings. The molecular formula is C20H23ClN2O3. The Morgan fingerprint density at radius 2 is 1.73 bits per heavy atom. The van der Waals surface area contributed by atoms with Crippen molar-refractivity contribution in [1.82, 2.24) is 5.32 Å². The molecule has 2 rings (SSSR count). The molecule has 5 nitrogen and oxygen atoms in total. The van der Waals surface area contributed by atoms with E-state index in [9.17, 15) is 9.59 Å². The number of amides is 2. The van der Waals surface area contributed by atoms with Gasteiger partial charge in [-0.2, -0.15) is 0 Å². The Labute approximate surface area is 158 Å². The van der Waals surface area contributed by atoms with Crippen LogP contribution >= 0.6 is 11.6 Å². The third-order valence-electron chi connectivity index (χ3n) is 3.49. The highest BCUT2D eigenvalue weighted by Crippen LogP contribution is 2.18. The molecule has 0 heterocycles. The van der Waals surface area contributed by atoms with Crippen LogP contribution in [0, 0.1) is 0 Å². The molecule has 6 heteroatoms. The third kappa shape index (κ3) is 6.08. The van der Waals surface area contributed by atoms with Crippen LogP contribution in [-0.2, 0) is 4.74 Å². The molecule has 1 atom stereocenters. The van der Waals surface area contributed by atoms with Gasteiger partial charge in [-0.15, -0.1) is 0 Å². The Morgan fingerprint density at radius 1 is 1.08 bits per heavy atom. The number of halogens is 1. The molecule has 2 aromatic carbocycles. The lowest BCUT2D eigenvalue weighted by Gasteiger charge is -2.20. The van der Waals surface area contributed by atoms with Gasteiger partial charge in [-0.3, -0.25) is 10.1 Å². The fraction of sp³-hybridized carbons (Fsp3) is 0.300. The van der Waals surface area contributed by atoms with Gasteiger partial charge in [0.2, 0.25) is 0 Å². The minimum Gasteiger partial charge on any atom is -0.444 e. The monoisotopic (exact) mass is 374 g/mol. The van der Waals surface area contributed by atoms with Crippen molar-refractivity contribution in [2.45, 2.75) is 39.3 Å². The average molecular weight is 375 g/mol. The topological polar surface area (TPSA) is 67.4 Å². The van der Waals surface area contributed by atoms with Gasteiger partial charge >= 0.3 is 6.09 Å². The molecule has 2 aromatic rings. The Hall–Kier alpha value is -2.53. The van der Waals surface area contributed by atoms with Crippen LogP contribution in [0.5, 0.6) is 0 Å². The number of hydrogen-bond donors (Lipinski definition) is 2. The zero-order chi connectivity index (χ0) is 19.3. The number of carbonyl (C=O) groups is 2. The summed E-state index contributed by atoms with van der Waals surface area (Å²) in [4.78, 5) is 24.3. The minimum absolute atomic E-state index is 0.178. The van der Waals surface area contributed by atoms with Gasteiger partial charge in [0.1, 0.15) is 5.60 Å². The van der Waals surface area contributed by atoms with Crippen molar-refractivity contribution in [2.24, 2.45) is 0 Å². The van der Waals surface area contributed by atoms with Crippen molar-refractivity contribution < 1.29 is 14.3 Å². The van der Waals surface area contributed by atoms with E-state index >= 15 is 0 Å². The normalized spacial score (nSPS) is 12.2. The molecule has 0 bridgehead atoms. The predicted octanol–water partition coefficient (Wildman–Crippen LogP) is 5.18. The zero-order valence-corrected chi connectivity index (χ0v) is 16.1. The molecule has 26 heavy (non-hydrogen) atoms. The van der Waals surface area contributed by atoms with Crippen LogP contribution in [0.15, 0.2) is 48.5 Å². The number of hydrogen-bond acceptors (Lipinski definition) is 3. The van der Waals surface area contributed by atoms with Gasteiger partial charge in [0.25, 0.3) is 5.91 Å². The largest absolute Gasteiger partial charge is 0.444 e. The van der Waals surface area contributed by atoms with E-state index in [0.29, 0.717) is 16.3 Å². The first-order valence-corrected chi connectivity index (χ1v) is 8.68. The lowest BCUT2D eigenvalue weighted by atomic mass is 10.1. The first-order chi connectivity index (χ1) is 12.1. The van der Waals surface area contributed by atoms with Crippen LogP contribution < -0.4 is 10.6 Å². The van der Waals surface area contributed by atoms with Crippen LogP contribution in [0.1, 0.15) is 49.7 Å². The Balaban J connectivity index is 2.03. The summed E-state index contributed by atoms with van der Waals surface area (Å²) in [6.07, 6.45) is -0.565. The standard InChI is InChI=1S/C20H23ClN2O3/c1-13(14-8-10-16(21)11-9-14)22-18(24)15-6-5-7-17(12-15)23-19(25)26-20(2,3)4/h5-13H,1-4H3,(H,22,24)(H,23,25)/t13-/m0/s1. The second kappa shape index (κ2) is 8.23. The minimum atomic E-state index is -0.590.